The fourth-order valence-electron chi connectivity index (χ4n) is 2.55. The Kier molecular flexibility index (Phi) is 4.85. The molecule has 0 saturated heterocycles. The number of anilines is 1. The van der Waals surface area contributed by atoms with Crippen molar-refractivity contribution < 1.29 is 27.5 Å². The molecule has 0 radical (unpaired) electrons. The van der Waals surface area contributed by atoms with Crippen LogP contribution in [0.5, 0.6) is 0 Å². The van der Waals surface area contributed by atoms with Crippen molar-refractivity contribution in [2.75, 3.05) is 11.9 Å². The van der Waals surface area contributed by atoms with Crippen LogP contribution in [0.4, 0.5) is 19.0 Å². The third kappa shape index (κ3) is 3.91. The van der Waals surface area contributed by atoms with Crippen molar-refractivity contribution in [3.8, 4) is 11.3 Å². The van der Waals surface area contributed by atoms with Gasteiger partial charge in [-0.2, -0.15) is 13.2 Å². The number of carbonyl (C=O) groups is 2. The zero-order valence-electron chi connectivity index (χ0n) is 14.1. The fraction of sp³-hybridized carbons (Fsp3) is 0.167. The Labute approximate surface area is 151 Å². The standard InChI is InChI=1S/C18H14F3N3O3/c1-2-27-17(26)16(25)24-14-8-7-10-9-13(22-15(10)23-14)11-5-3-4-6-12(11)18(19,20)21/h3-9H,2H2,1H3,(H2,22,23,24,25). The first-order chi connectivity index (χ1) is 12.8. The number of rotatable bonds is 3. The maximum absolute atomic E-state index is 13.2. The van der Waals surface area contributed by atoms with Gasteiger partial charge in [-0.25, -0.2) is 9.78 Å². The second-order valence-electron chi connectivity index (χ2n) is 5.54. The minimum Gasteiger partial charge on any atom is -0.459 e. The number of amides is 1. The minimum absolute atomic E-state index is 0.0138. The molecule has 2 aromatic heterocycles. The highest BCUT2D eigenvalue weighted by Gasteiger charge is 2.33. The van der Waals surface area contributed by atoms with Crippen LogP contribution in [-0.4, -0.2) is 28.5 Å². The lowest BCUT2D eigenvalue weighted by atomic mass is 10.0. The molecular weight excluding hydrogens is 363 g/mol. The zero-order chi connectivity index (χ0) is 19.6. The molecule has 0 spiro atoms. The number of pyridine rings is 1. The molecule has 0 bridgehead atoms. The monoisotopic (exact) mass is 377 g/mol. The van der Waals surface area contributed by atoms with Crippen molar-refractivity contribution in [2.45, 2.75) is 13.1 Å². The third-order valence-corrected chi connectivity index (χ3v) is 3.70. The summed E-state index contributed by atoms with van der Waals surface area (Å²) in [5, 5.41) is 2.83. The second kappa shape index (κ2) is 7.10. The van der Waals surface area contributed by atoms with Crippen LogP contribution in [0.3, 0.4) is 0 Å². The maximum atomic E-state index is 13.2. The number of nitrogens with one attached hydrogen (secondary N) is 2. The van der Waals surface area contributed by atoms with E-state index in [0.717, 1.165) is 6.07 Å². The second-order valence-corrected chi connectivity index (χ2v) is 5.54. The van der Waals surface area contributed by atoms with Crippen molar-refractivity contribution >= 4 is 28.7 Å². The van der Waals surface area contributed by atoms with E-state index < -0.39 is 23.6 Å². The van der Waals surface area contributed by atoms with Crippen molar-refractivity contribution in [1.82, 2.24) is 9.97 Å². The number of carbonyl (C=O) groups excluding carboxylic acids is 2. The highest BCUT2D eigenvalue weighted by atomic mass is 19.4. The first-order valence-corrected chi connectivity index (χ1v) is 7.94. The van der Waals surface area contributed by atoms with Crippen LogP contribution in [0.15, 0.2) is 42.5 Å². The summed E-state index contributed by atoms with van der Waals surface area (Å²) in [6.45, 7) is 1.62. The minimum atomic E-state index is -4.50. The number of ether oxygens (including phenoxy) is 1. The van der Waals surface area contributed by atoms with E-state index in [1.54, 1.807) is 13.0 Å². The smallest absolute Gasteiger partial charge is 0.417 e. The maximum Gasteiger partial charge on any atom is 0.417 e. The molecule has 2 heterocycles. The Hall–Kier alpha value is -3.36. The van der Waals surface area contributed by atoms with Crippen LogP contribution >= 0.6 is 0 Å². The molecule has 0 aliphatic heterocycles. The Morgan fingerprint density at radius 2 is 1.93 bits per heavy atom. The highest BCUT2D eigenvalue weighted by molar-refractivity contribution is 6.37. The summed E-state index contributed by atoms with van der Waals surface area (Å²) in [5.41, 5.74) is -0.282. The number of alkyl halides is 3. The van der Waals surface area contributed by atoms with Gasteiger partial charge in [0.1, 0.15) is 11.5 Å². The summed E-state index contributed by atoms with van der Waals surface area (Å²) < 4.78 is 44.2. The average molecular weight is 377 g/mol. The van der Waals surface area contributed by atoms with E-state index in [-0.39, 0.29) is 29.3 Å². The fourth-order valence-corrected chi connectivity index (χ4v) is 2.55. The number of H-pyrrole nitrogens is 1. The lowest BCUT2D eigenvalue weighted by Crippen LogP contribution is -2.25. The lowest BCUT2D eigenvalue weighted by Gasteiger charge is -2.11. The van der Waals surface area contributed by atoms with Gasteiger partial charge in [0, 0.05) is 16.6 Å². The molecule has 0 unspecified atom stereocenters. The summed E-state index contributed by atoms with van der Waals surface area (Å²) in [7, 11) is 0. The van der Waals surface area contributed by atoms with E-state index >= 15 is 0 Å². The number of hydrogen-bond acceptors (Lipinski definition) is 4. The number of halogens is 3. The Morgan fingerprint density at radius 3 is 2.63 bits per heavy atom. The summed E-state index contributed by atoms with van der Waals surface area (Å²) in [6.07, 6.45) is -4.50. The number of benzene rings is 1. The number of fused-ring (bicyclic) bond motifs is 1. The van der Waals surface area contributed by atoms with Gasteiger partial charge in [-0.05, 0) is 31.2 Å². The van der Waals surface area contributed by atoms with Gasteiger partial charge in [0.25, 0.3) is 0 Å². The molecule has 0 aliphatic carbocycles. The molecule has 0 fully saturated rings. The Bertz CT molecular complexity index is 1010. The van der Waals surface area contributed by atoms with Gasteiger partial charge in [-0.3, -0.25) is 4.79 Å². The van der Waals surface area contributed by atoms with Crippen molar-refractivity contribution in [3.63, 3.8) is 0 Å². The van der Waals surface area contributed by atoms with E-state index in [1.807, 2.05) is 0 Å². The number of aromatic amines is 1. The molecule has 9 heteroatoms. The molecule has 2 N–H and O–H groups in total. The van der Waals surface area contributed by atoms with E-state index in [4.69, 9.17) is 0 Å². The van der Waals surface area contributed by atoms with Gasteiger partial charge in [0.2, 0.25) is 0 Å². The lowest BCUT2D eigenvalue weighted by molar-refractivity contribution is -0.152. The molecule has 0 saturated carbocycles. The normalized spacial score (nSPS) is 11.4. The predicted molar refractivity (Wildman–Crippen MR) is 91.8 cm³/mol. The van der Waals surface area contributed by atoms with Gasteiger partial charge in [-0.15, -0.1) is 0 Å². The molecule has 1 amide bonds. The van der Waals surface area contributed by atoms with Gasteiger partial charge >= 0.3 is 18.1 Å². The van der Waals surface area contributed by atoms with Crippen LogP contribution < -0.4 is 5.32 Å². The van der Waals surface area contributed by atoms with E-state index in [2.05, 4.69) is 20.0 Å². The Morgan fingerprint density at radius 1 is 1.19 bits per heavy atom. The quantitative estimate of drug-likeness (QED) is 0.538. The van der Waals surface area contributed by atoms with Gasteiger partial charge in [0.15, 0.2) is 0 Å². The molecule has 6 nitrogen and oxygen atoms in total. The molecule has 27 heavy (non-hydrogen) atoms. The number of nitrogens with zero attached hydrogens (tertiary/aromatic N) is 1. The summed E-state index contributed by atoms with van der Waals surface area (Å²) >= 11 is 0. The molecule has 140 valence electrons. The van der Waals surface area contributed by atoms with Crippen LogP contribution in [0.1, 0.15) is 12.5 Å². The first kappa shape index (κ1) is 18.4. The topological polar surface area (TPSA) is 84.1 Å². The molecular formula is C18H14F3N3O3. The largest absolute Gasteiger partial charge is 0.459 e. The predicted octanol–water partition coefficient (Wildman–Crippen LogP) is 3.75. The van der Waals surface area contributed by atoms with Gasteiger partial charge in [0.05, 0.1) is 12.2 Å². The molecule has 0 aliphatic rings. The van der Waals surface area contributed by atoms with E-state index in [1.165, 1.54) is 30.3 Å². The molecule has 0 atom stereocenters. The zero-order valence-corrected chi connectivity index (χ0v) is 14.1. The SMILES string of the molecule is CCOC(=O)C(=O)Nc1ccc2cc(-c3ccccc3C(F)(F)F)[nH]c2n1. The third-order valence-electron chi connectivity index (χ3n) is 3.70. The van der Waals surface area contributed by atoms with Gasteiger partial charge < -0.3 is 15.0 Å². The van der Waals surface area contributed by atoms with Gasteiger partial charge in [-0.1, -0.05) is 18.2 Å². The summed E-state index contributed by atoms with van der Waals surface area (Å²) in [5.74, 6) is -1.97. The van der Waals surface area contributed by atoms with Crippen LogP contribution in [0, 0.1) is 0 Å². The van der Waals surface area contributed by atoms with Crippen molar-refractivity contribution in [3.05, 3.63) is 48.0 Å². The first-order valence-electron chi connectivity index (χ1n) is 7.94. The highest BCUT2D eigenvalue weighted by Crippen LogP contribution is 2.37. The van der Waals surface area contributed by atoms with Crippen molar-refractivity contribution in [2.24, 2.45) is 0 Å². The number of aromatic nitrogens is 2. The molecule has 3 aromatic rings. The number of hydrogen-bond donors (Lipinski definition) is 2. The van der Waals surface area contributed by atoms with Crippen molar-refractivity contribution in [1.29, 1.82) is 0 Å². The summed E-state index contributed by atoms with van der Waals surface area (Å²) in [6, 6.07) is 9.72. The molecule has 3 rings (SSSR count). The van der Waals surface area contributed by atoms with Crippen LogP contribution in [0.2, 0.25) is 0 Å². The van der Waals surface area contributed by atoms with E-state index in [0.29, 0.717) is 5.39 Å². The van der Waals surface area contributed by atoms with Crippen LogP contribution in [-0.2, 0) is 20.5 Å². The van der Waals surface area contributed by atoms with E-state index in [9.17, 15) is 22.8 Å². The number of esters is 1. The summed E-state index contributed by atoms with van der Waals surface area (Å²) in [4.78, 5) is 29.9. The van der Waals surface area contributed by atoms with Crippen LogP contribution in [0.25, 0.3) is 22.3 Å². The Balaban J connectivity index is 1.94. The molecule has 1 aromatic carbocycles. The average Bonchev–Trinajstić information content (AvgIpc) is 3.04.